The van der Waals surface area contributed by atoms with E-state index in [2.05, 4.69) is 4.90 Å². The molecule has 0 atom stereocenters. The maximum Gasteiger partial charge on any atom is 0.294 e. The average molecular weight is 564 g/mol. The van der Waals surface area contributed by atoms with E-state index in [1.807, 2.05) is 41.3 Å². The number of rotatable bonds is 6. The van der Waals surface area contributed by atoms with Gasteiger partial charge in [-0.2, -0.15) is 0 Å². The first-order valence-corrected chi connectivity index (χ1v) is 13.8. The number of ether oxygens (including phenoxy) is 2. The van der Waals surface area contributed by atoms with Gasteiger partial charge in [0.2, 0.25) is 0 Å². The fourth-order valence-corrected chi connectivity index (χ4v) is 5.25. The lowest BCUT2D eigenvalue weighted by atomic mass is 10.1. The van der Waals surface area contributed by atoms with Crippen LogP contribution < -0.4 is 19.3 Å². The van der Waals surface area contributed by atoms with Crippen LogP contribution >= 0.6 is 0 Å². The monoisotopic (exact) mass is 563 g/mol. The topological polar surface area (TPSA) is 62.3 Å². The number of nitrogens with zero attached hydrogens (tertiary/aromatic N) is 3. The van der Waals surface area contributed by atoms with Gasteiger partial charge in [-0.3, -0.25) is 14.5 Å². The zero-order valence-electron chi connectivity index (χ0n) is 23.2. The van der Waals surface area contributed by atoms with Crippen molar-refractivity contribution < 1.29 is 23.5 Å². The summed E-state index contributed by atoms with van der Waals surface area (Å²) in [5.74, 6) is 0.669. The molecule has 2 amide bonds. The fraction of sp³-hybridized carbons (Fsp3) is 0.176. The maximum absolute atomic E-state index is 14.4. The van der Waals surface area contributed by atoms with E-state index in [9.17, 15) is 14.0 Å². The third-order valence-corrected chi connectivity index (χ3v) is 7.56. The Hall–Kier alpha value is -5.11. The summed E-state index contributed by atoms with van der Waals surface area (Å²) >= 11 is 0. The van der Waals surface area contributed by atoms with Crippen molar-refractivity contribution in [1.82, 2.24) is 4.90 Å². The lowest BCUT2D eigenvalue weighted by Gasteiger charge is -2.36. The van der Waals surface area contributed by atoms with Crippen molar-refractivity contribution >= 4 is 29.3 Å². The van der Waals surface area contributed by atoms with Crippen molar-refractivity contribution in [3.05, 3.63) is 125 Å². The first-order chi connectivity index (χ1) is 20.5. The quantitative estimate of drug-likeness (QED) is 0.279. The van der Waals surface area contributed by atoms with E-state index in [0.717, 1.165) is 24.5 Å². The molecule has 42 heavy (non-hydrogen) atoms. The van der Waals surface area contributed by atoms with Gasteiger partial charge in [0.15, 0.2) is 11.5 Å². The van der Waals surface area contributed by atoms with Crippen molar-refractivity contribution in [3.8, 4) is 11.5 Å². The molecular formula is C34H30FN3O4. The summed E-state index contributed by atoms with van der Waals surface area (Å²) in [5, 5.41) is 0. The molecular weight excluding hydrogens is 533 g/mol. The molecule has 6 rings (SSSR count). The van der Waals surface area contributed by atoms with E-state index < -0.39 is 0 Å². The molecule has 0 N–H and O–H groups in total. The molecule has 4 aromatic rings. The van der Waals surface area contributed by atoms with Crippen molar-refractivity contribution in [2.45, 2.75) is 6.54 Å². The number of hydrogen-bond acceptors (Lipinski definition) is 5. The molecule has 4 aromatic carbocycles. The first-order valence-electron chi connectivity index (χ1n) is 13.8. The molecule has 0 saturated carbocycles. The van der Waals surface area contributed by atoms with Crippen LogP contribution in [0.25, 0.3) is 6.08 Å². The van der Waals surface area contributed by atoms with Gasteiger partial charge in [0.1, 0.15) is 11.6 Å². The number of piperazine rings is 1. The Kier molecular flexibility index (Phi) is 7.60. The Balaban J connectivity index is 1.15. The minimum Gasteiger partial charge on any atom is -0.497 e. The van der Waals surface area contributed by atoms with Crippen LogP contribution in [-0.2, 0) is 11.3 Å². The van der Waals surface area contributed by atoms with Crippen molar-refractivity contribution in [3.63, 3.8) is 0 Å². The summed E-state index contributed by atoms with van der Waals surface area (Å²) in [6, 6.07) is 28.7. The number of hydrogen-bond donors (Lipinski definition) is 0. The molecule has 2 aliphatic heterocycles. The van der Waals surface area contributed by atoms with Gasteiger partial charge in [0, 0.05) is 49.1 Å². The Morgan fingerprint density at radius 1 is 0.905 bits per heavy atom. The summed E-state index contributed by atoms with van der Waals surface area (Å²) in [6.07, 6.45) is 1.65. The summed E-state index contributed by atoms with van der Waals surface area (Å²) in [7, 11) is 1.65. The van der Waals surface area contributed by atoms with Gasteiger partial charge in [-0.05, 0) is 54.1 Å². The highest BCUT2D eigenvalue weighted by molar-refractivity contribution is 6.09. The van der Waals surface area contributed by atoms with E-state index in [1.165, 1.54) is 11.0 Å². The van der Waals surface area contributed by atoms with Gasteiger partial charge in [-0.1, -0.05) is 48.5 Å². The Labute approximate surface area is 244 Å². The van der Waals surface area contributed by atoms with E-state index >= 15 is 0 Å². The van der Waals surface area contributed by atoms with Crippen LogP contribution in [-0.4, -0.2) is 50.0 Å². The van der Waals surface area contributed by atoms with Gasteiger partial charge in [0.05, 0.1) is 19.3 Å². The highest BCUT2D eigenvalue weighted by atomic mass is 19.1. The normalized spacial score (nSPS) is 15.8. The average Bonchev–Trinajstić information content (AvgIpc) is 3.04. The molecule has 8 heteroatoms. The molecule has 0 radical (unpaired) electrons. The minimum atomic E-state index is -0.373. The van der Waals surface area contributed by atoms with Crippen molar-refractivity contribution in [1.29, 1.82) is 0 Å². The zero-order chi connectivity index (χ0) is 29.1. The van der Waals surface area contributed by atoms with Gasteiger partial charge in [0.25, 0.3) is 11.8 Å². The van der Waals surface area contributed by atoms with Crippen LogP contribution in [0, 0.1) is 5.82 Å². The number of carbonyl (C=O) groups excluding carboxylic acids is 2. The number of para-hydroxylation sites is 2. The molecule has 1 fully saturated rings. The number of fused-ring (bicyclic) bond motifs is 1. The summed E-state index contributed by atoms with van der Waals surface area (Å²) in [5.41, 5.74) is 3.36. The fourth-order valence-electron chi connectivity index (χ4n) is 5.25. The van der Waals surface area contributed by atoms with E-state index in [-0.39, 0.29) is 29.9 Å². The molecule has 7 nitrogen and oxygen atoms in total. The highest BCUT2D eigenvalue weighted by Gasteiger charge is 2.31. The number of anilines is 2. The Morgan fingerprint density at radius 3 is 2.40 bits per heavy atom. The number of methoxy groups -OCH3 is 1. The lowest BCUT2D eigenvalue weighted by Crippen LogP contribution is -2.48. The molecule has 0 unspecified atom stereocenters. The van der Waals surface area contributed by atoms with E-state index in [4.69, 9.17) is 9.47 Å². The molecule has 0 aromatic heterocycles. The second-order valence-corrected chi connectivity index (χ2v) is 10.2. The molecule has 0 spiro atoms. The SMILES string of the molecule is COc1cccc(N2CCN(C(=O)c3ccc(C=C4Oc5ccccc5N(Cc5ccccc5F)C4=O)cc3)CC2)c1. The third-order valence-electron chi connectivity index (χ3n) is 7.56. The lowest BCUT2D eigenvalue weighted by molar-refractivity contribution is -0.117. The number of amides is 2. The van der Waals surface area contributed by atoms with Crippen molar-refractivity contribution in [2.75, 3.05) is 43.1 Å². The Bertz CT molecular complexity index is 1640. The predicted octanol–water partition coefficient (Wildman–Crippen LogP) is 5.76. The molecule has 1 saturated heterocycles. The molecule has 0 aliphatic carbocycles. The standard InChI is InChI=1S/C34H30FN3O4/c1-41-28-9-6-8-27(22-28)36-17-19-37(20-18-36)33(39)25-15-13-24(14-16-25)21-32-34(40)38(23-26-7-2-3-10-29(26)35)30-11-4-5-12-31(30)42-32/h2-16,21-22H,17-20,23H2,1H3. The van der Waals surface area contributed by atoms with Gasteiger partial charge < -0.3 is 19.3 Å². The van der Waals surface area contributed by atoms with Crippen LogP contribution in [0.1, 0.15) is 21.5 Å². The number of benzene rings is 4. The smallest absolute Gasteiger partial charge is 0.294 e. The zero-order valence-corrected chi connectivity index (χ0v) is 23.2. The molecule has 2 heterocycles. The maximum atomic E-state index is 14.4. The van der Waals surface area contributed by atoms with Gasteiger partial charge in [-0.25, -0.2) is 4.39 Å². The Morgan fingerprint density at radius 2 is 1.64 bits per heavy atom. The van der Waals surface area contributed by atoms with Gasteiger partial charge >= 0.3 is 0 Å². The predicted molar refractivity (Wildman–Crippen MR) is 160 cm³/mol. The summed E-state index contributed by atoms with van der Waals surface area (Å²) < 4.78 is 25.7. The second kappa shape index (κ2) is 11.8. The summed E-state index contributed by atoms with van der Waals surface area (Å²) in [4.78, 5) is 32.4. The molecule has 0 bridgehead atoms. The van der Waals surface area contributed by atoms with Crippen molar-refractivity contribution in [2.24, 2.45) is 0 Å². The van der Waals surface area contributed by atoms with Crippen LogP contribution in [0.2, 0.25) is 0 Å². The third kappa shape index (κ3) is 5.56. The largest absolute Gasteiger partial charge is 0.497 e. The minimum absolute atomic E-state index is 0.0329. The molecule has 2 aliphatic rings. The van der Waals surface area contributed by atoms with E-state index in [0.29, 0.717) is 41.2 Å². The first kappa shape index (κ1) is 27.1. The van der Waals surface area contributed by atoms with Crippen LogP contribution in [0.4, 0.5) is 15.8 Å². The van der Waals surface area contributed by atoms with Crippen LogP contribution in [0.3, 0.4) is 0 Å². The molecule has 212 valence electrons. The van der Waals surface area contributed by atoms with Gasteiger partial charge in [-0.15, -0.1) is 0 Å². The van der Waals surface area contributed by atoms with Crippen LogP contribution in [0.15, 0.2) is 103 Å². The summed E-state index contributed by atoms with van der Waals surface area (Å²) in [6.45, 7) is 2.76. The number of carbonyl (C=O) groups is 2. The second-order valence-electron chi connectivity index (χ2n) is 10.2. The van der Waals surface area contributed by atoms with E-state index in [1.54, 1.807) is 67.8 Å². The van der Waals surface area contributed by atoms with Crippen LogP contribution in [0.5, 0.6) is 11.5 Å². The highest BCUT2D eigenvalue weighted by Crippen LogP contribution is 2.36. The number of halogens is 1.